The summed E-state index contributed by atoms with van der Waals surface area (Å²) in [5.74, 6) is 0. The lowest BCUT2D eigenvalue weighted by molar-refractivity contribution is 1.42. The lowest BCUT2D eigenvalue weighted by atomic mass is 10.1. The molecule has 0 amide bonds. The van der Waals surface area contributed by atoms with Gasteiger partial charge in [-0.25, -0.2) is 4.99 Å². The number of hydrogen-bond acceptors (Lipinski definition) is 2. The van der Waals surface area contributed by atoms with E-state index in [4.69, 9.17) is 16.9 Å². The van der Waals surface area contributed by atoms with Crippen molar-refractivity contribution < 1.29 is 0 Å². The molecule has 2 aromatic rings. The van der Waals surface area contributed by atoms with Crippen LogP contribution in [-0.2, 0) is 0 Å². The van der Waals surface area contributed by atoms with Crippen molar-refractivity contribution in [1.29, 1.82) is 5.26 Å². The summed E-state index contributed by atoms with van der Waals surface area (Å²) in [6, 6.07) is 16.9. The average Bonchev–Trinajstić information content (AvgIpc) is 2.37. The van der Waals surface area contributed by atoms with E-state index in [9.17, 15) is 0 Å². The van der Waals surface area contributed by atoms with E-state index in [1.54, 1.807) is 24.3 Å². The molecule has 0 aromatic heterocycles. The van der Waals surface area contributed by atoms with Crippen molar-refractivity contribution in [2.24, 2.45) is 4.99 Å². The van der Waals surface area contributed by atoms with Gasteiger partial charge in [-0.2, -0.15) is 5.26 Å². The molecule has 0 aliphatic carbocycles. The smallest absolute Gasteiger partial charge is 0.148 e. The number of aliphatic imine (C=N–C) groups is 1. The maximum atomic E-state index is 9.17. The van der Waals surface area contributed by atoms with Crippen LogP contribution in [0.15, 0.2) is 53.5 Å². The molecule has 18 heavy (non-hydrogen) atoms. The third-order valence-corrected chi connectivity index (χ3v) is 2.72. The van der Waals surface area contributed by atoms with Crippen LogP contribution in [0.2, 0.25) is 5.02 Å². The minimum Gasteiger partial charge on any atom is -0.237 e. The number of nitrogens with zero attached hydrogens (tertiary/aromatic N) is 2. The molecule has 0 spiro atoms. The van der Waals surface area contributed by atoms with Crippen molar-refractivity contribution in [3.8, 4) is 6.07 Å². The van der Waals surface area contributed by atoms with Gasteiger partial charge >= 0.3 is 0 Å². The summed E-state index contributed by atoms with van der Waals surface area (Å²) in [4.78, 5) is 4.35. The van der Waals surface area contributed by atoms with Crippen LogP contribution in [0.4, 0.5) is 5.69 Å². The van der Waals surface area contributed by atoms with E-state index >= 15 is 0 Å². The highest BCUT2D eigenvalue weighted by Gasteiger charge is 2.02. The molecule has 0 radical (unpaired) electrons. The van der Waals surface area contributed by atoms with Crippen molar-refractivity contribution in [2.75, 3.05) is 0 Å². The molecule has 0 atom stereocenters. The highest BCUT2D eigenvalue weighted by atomic mass is 35.5. The first-order chi connectivity index (χ1) is 8.69. The molecule has 3 heteroatoms. The van der Waals surface area contributed by atoms with E-state index in [0.29, 0.717) is 10.7 Å². The predicted molar refractivity (Wildman–Crippen MR) is 74.4 cm³/mol. The maximum absolute atomic E-state index is 9.17. The van der Waals surface area contributed by atoms with Crippen molar-refractivity contribution in [2.45, 2.75) is 6.92 Å². The first-order valence-electron chi connectivity index (χ1n) is 5.50. The van der Waals surface area contributed by atoms with Gasteiger partial charge in [-0.3, -0.25) is 0 Å². The summed E-state index contributed by atoms with van der Waals surface area (Å²) in [6.45, 7) is 1.99. The van der Waals surface area contributed by atoms with Crippen molar-refractivity contribution in [1.82, 2.24) is 0 Å². The van der Waals surface area contributed by atoms with Crippen LogP contribution in [0.5, 0.6) is 0 Å². The molecule has 2 nitrogen and oxygen atoms in total. The number of halogens is 1. The van der Waals surface area contributed by atoms with Gasteiger partial charge in [-0.15, -0.1) is 0 Å². The van der Waals surface area contributed by atoms with Crippen molar-refractivity contribution in [3.63, 3.8) is 0 Å². The Bertz CT molecular complexity index is 622. The van der Waals surface area contributed by atoms with Crippen molar-refractivity contribution in [3.05, 3.63) is 64.7 Å². The summed E-state index contributed by atoms with van der Waals surface area (Å²) >= 11 is 5.82. The molecule has 2 rings (SSSR count). The number of benzene rings is 2. The Hall–Kier alpha value is -2.11. The molecule has 0 aliphatic heterocycles. The molecule has 0 fully saturated rings. The second kappa shape index (κ2) is 5.48. The minimum absolute atomic E-state index is 0.386. The number of aryl methyl sites for hydroxylation is 1. The van der Waals surface area contributed by atoms with Crippen LogP contribution in [0.3, 0.4) is 0 Å². The fraction of sp³-hybridized carbons (Fsp3) is 0.0667. The highest BCUT2D eigenvalue weighted by Crippen LogP contribution is 2.16. The molecule has 0 aliphatic rings. The molecule has 0 heterocycles. The quantitative estimate of drug-likeness (QED) is 0.737. The second-order valence-electron chi connectivity index (χ2n) is 3.92. The van der Waals surface area contributed by atoms with Crippen LogP contribution < -0.4 is 0 Å². The molecular formula is C15H11ClN2. The molecule has 0 N–H and O–H groups in total. The zero-order chi connectivity index (χ0) is 13.0. The monoisotopic (exact) mass is 254 g/mol. The first kappa shape index (κ1) is 12.3. The van der Waals surface area contributed by atoms with Crippen molar-refractivity contribution >= 4 is 23.0 Å². The molecule has 0 unspecified atom stereocenters. The third kappa shape index (κ3) is 2.97. The third-order valence-electron chi connectivity index (χ3n) is 2.47. The molecular weight excluding hydrogens is 244 g/mol. The van der Waals surface area contributed by atoms with Gasteiger partial charge in [0.1, 0.15) is 11.8 Å². The Kier molecular flexibility index (Phi) is 3.76. The number of hydrogen-bond donors (Lipinski definition) is 0. The van der Waals surface area contributed by atoms with Gasteiger partial charge in [-0.1, -0.05) is 35.9 Å². The summed E-state index contributed by atoms with van der Waals surface area (Å²) in [5.41, 5.74) is 3.05. The molecule has 2 aromatic carbocycles. The zero-order valence-corrected chi connectivity index (χ0v) is 10.6. The Morgan fingerprint density at radius 2 is 1.89 bits per heavy atom. The van der Waals surface area contributed by atoms with Gasteiger partial charge in [0.15, 0.2) is 0 Å². The summed E-state index contributed by atoms with van der Waals surface area (Å²) in [5, 5.41) is 9.81. The number of rotatable bonds is 2. The summed E-state index contributed by atoms with van der Waals surface area (Å²) in [6.07, 6.45) is 0. The van der Waals surface area contributed by atoms with Gasteiger partial charge in [0.2, 0.25) is 0 Å². The average molecular weight is 255 g/mol. The van der Waals surface area contributed by atoms with Gasteiger partial charge in [0.25, 0.3) is 0 Å². The standard InChI is InChI=1S/C15H11ClN2/c1-11-3-2-4-14(9-11)18-15(10-17)12-5-7-13(16)8-6-12/h2-9H,1H3. The van der Waals surface area contributed by atoms with E-state index < -0.39 is 0 Å². The van der Waals surface area contributed by atoms with Gasteiger partial charge in [-0.05, 0) is 36.8 Å². The Morgan fingerprint density at radius 1 is 1.17 bits per heavy atom. The minimum atomic E-state index is 0.386. The largest absolute Gasteiger partial charge is 0.237 e. The lowest BCUT2D eigenvalue weighted by Gasteiger charge is -2.00. The van der Waals surface area contributed by atoms with Crippen LogP contribution in [0.1, 0.15) is 11.1 Å². The maximum Gasteiger partial charge on any atom is 0.148 e. The molecule has 0 saturated carbocycles. The van der Waals surface area contributed by atoms with Gasteiger partial charge in [0, 0.05) is 10.6 Å². The SMILES string of the molecule is Cc1cccc(N=C(C#N)c2ccc(Cl)cc2)c1. The van der Waals surface area contributed by atoms with Crippen LogP contribution in [0, 0.1) is 18.3 Å². The normalized spacial score (nSPS) is 11.1. The molecule has 88 valence electrons. The first-order valence-corrected chi connectivity index (χ1v) is 5.88. The second-order valence-corrected chi connectivity index (χ2v) is 4.35. The van der Waals surface area contributed by atoms with E-state index in [-0.39, 0.29) is 0 Å². The fourth-order valence-corrected chi connectivity index (χ4v) is 1.71. The topological polar surface area (TPSA) is 36.1 Å². The van der Waals surface area contributed by atoms with Crippen LogP contribution in [0.25, 0.3) is 0 Å². The Morgan fingerprint density at radius 3 is 2.50 bits per heavy atom. The van der Waals surface area contributed by atoms with Gasteiger partial charge in [0.05, 0.1) is 5.69 Å². The van der Waals surface area contributed by atoms with E-state index in [1.807, 2.05) is 31.2 Å². The zero-order valence-electron chi connectivity index (χ0n) is 9.89. The fourth-order valence-electron chi connectivity index (χ4n) is 1.59. The van der Waals surface area contributed by atoms with E-state index in [0.717, 1.165) is 16.8 Å². The van der Waals surface area contributed by atoms with Gasteiger partial charge < -0.3 is 0 Å². The molecule has 0 saturated heterocycles. The number of nitriles is 1. The highest BCUT2D eigenvalue weighted by molar-refractivity contribution is 6.30. The summed E-state index contributed by atoms with van der Waals surface area (Å²) in [7, 11) is 0. The lowest BCUT2D eigenvalue weighted by Crippen LogP contribution is -1.95. The predicted octanol–water partition coefficient (Wildman–Crippen LogP) is 4.29. The van der Waals surface area contributed by atoms with E-state index in [1.165, 1.54) is 0 Å². The Balaban J connectivity index is 2.40. The van der Waals surface area contributed by atoms with Crippen LogP contribution in [-0.4, -0.2) is 5.71 Å². The molecule has 0 bridgehead atoms. The summed E-state index contributed by atoms with van der Waals surface area (Å²) < 4.78 is 0. The van der Waals surface area contributed by atoms with E-state index in [2.05, 4.69) is 11.1 Å². The van der Waals surface area contributed by atoms with Crippen LogP contribution >= 0.6 is 11.6 Å². The Labute approximate surface area is 111 Å².